The third-order valence-corrected chi connectivity index (χ3v) is 3.57. The molecule has 0 aliphatic heterocycles. The number of halogens is 2. The standard InChI is InChI=1S/C14H16F2N2O3/c1-7-2-3-8(4-7)17-14(21)18-12-6-11(16)10(15)5-9(12)13(19)20/h5-8H,2-4H2,1H3,(H,19,20)(H2,17,18,21). The van der Waals surface area contributed by atoms with Gasteiger partial charge in [0.25, 0.3) is 0 Å². The van der Waals surface area contributed by atoms with E-state index in [9.17, 15) is 18.4 Å². The van der Waals surface area contributed by atoms with Crippen molar-refractivity contribution in [2.75, 3.05) is 5.32 Å². The number of carbonyl (C=O) groups is 2. The molecule has 0 radical (unpaired) electrons. The number of hydrogen-bond acceptors (Lipinski definition) is 2. The van der Waals surface area contributed by atoms with E-state index >= 15 is 0 Å². The van der Waals surface area contributed by atoms with Gasteiger partial charge in [0.1, 0.15) is 0 Å². The number of carboxylic acid groups (broad SMARTS) is 1. The Hall–Kier alpha value is -2.18. The van der Waals surface area contributed by atoms with E-state index in [4.69, 9.17) is 5.11 Å². The van der Waals surface area contributed by atoms with Gasteiger partial charge in [-0.2, -0.15) is 0 Å². The fraction of sp³-hybridized carbons (Fsp3) is 0.429. The zero-order chi connectivity index (χ0) is 15.6. The molecule has 2 amide bonds. The molecule has 3 N–H and O–H groups in total. The Morgan fingerprint density at radius 2 is 1.90 bits per heavy atom. The molecular formula is C14H16F2N2O3. The maximum absolute atomic E-state index is 13.2. The van der Waals surface area contributed by atoms with Gasteiger partial charge in [-0.15, -0.1) is 0 Å². The molecule has 114 valence electrons. The lowest BCUT2D eigenvalue weighted by atomic mass is 10.1. The summed E-state index contributed by atoms with van der Waals surface area (Å²) < 4.78 is 26.3. The molecular weight excluding hydrogens is 282 g/mol. The van der Waals surface area contributed by atoms with Crippen LogP contribution in [0, 0.1) is 17.6 Å². The van der Waals surface area contributed by atoms with Gasteiger partial charge < -0.3 is 15.7 Å². The Bertz CT molecular complexity index is 578. The van der Waals surface area contributed by atoms with Gasteiger partial charge in [0.2, 0.25) is 0 Å². The summed E-state index contributed by atoms with van der Waals surface area (Å²) in [6, 6.07) is 0.599. The lowest BCUT2D eigenvalue weighted by Gasteiger charge is -2.14. The monoisotopic (exact) mass is 298 g/mol. The highest BCUT2D eigenvalue weighted by molar-refractivity contribution is 6.00. The minimum absolute atomic E-state index is 0.0126. The average Bonchev–Trinajstić information content (AvgIpc) is 2.78. The highest BCUT2D eigenvalue weighted by atomic mass is 19.2. The Kier molecular flexibility index (Phi) is 4.40. The molecule has 1 aromatic carbocycles. The molecule has 1 aliphatic carbocycles. The van der Waals surface area contributed by atoms with Crippen molar-refractivity contribution in [3.05, 3.63) is 29.3 Å². The smallest absolute Gasteiger partial charge is 0.337 e. The molecule has 0 heterocycles. The molecule has 0 spiro atoms. The zero-order valence-electron chi connectivity index (χ0n) is 11.5. The zero-order valence-corrected chi connectivity index (χ0v) is 11.5. The molecule has 2 unspecified atom stereocenters. The van der Waals surface area contributed by atoms with Crippen LogP contribution in [-0.2, 0) is 0 Å². The van der Waals surface area contributed by atoms with Crippen molar-refractivity contribution in [1.82, 2.24) is 5.32 Å². The number of carboxylic acids is 1. The highest BCUT2D eigenvalue weighted by Gasteiger charge is 2.23. The Morgan fingerprint density at radius 1 is 1.24 bits per heavy atom. The topological polar surface area (TPSA) is 78.4 Å². The Morgan fingerprint density at radius 3 is 2.48 bits per heavy atom. The lowest BCUT2D eigenvalue weighted by molar-refractivity contribution is 0.0697. The van der Waals surface area contributed by atoms with E-state index in [1.165, 1.54) is 0 Å². The molecule has 1 saturated carbocycles. The molecule has 1 aromatic rings. The molecule has 0 bridgehead atoms. The summed E-state index contributed by atoms with van der Waals surface area (Å²) >= 11 is 0. The van der Waals surface area contributed by atoms with E-state index in [0.717, 1.165) is 19.3 Å². The van der Waals surface area contributed by atoms with Gasteiger partial charge in [-0.3, -0.25) is 0 Å². The maximum atomic E-state index is 13.2. The van der Waals surface area contributed by atoms with Crippen LogP contribution in [0.1, 0.15) is 36.5 Å². The van der Waals surface area contributed by atoms with Crippen molar-refractivity contribution >= 4 is 17.7 Å². The number of benzene rings is 1. The van der Waals surface area contributed by atoms with Crippen molar-refractivity contribution in [2.24, 2.45) is 5.92 Å². The summed E-state index contributed by atoms with van der Waals surface area (Å²) in [5.74, 6) is -3.42. The van der Waals surface area contributed by atoms with Crippen molar-refractivity contribution in [3.8, 4) is 0 Å². The first kappa shape index (κ1) is 15.2. The van der Waals surface area contributed by atoms with E-state index in [1.807, 2.05) is 0 Å². The van der Waals surface area contributed by atoms with Crippen LogP contribution in [0.25, 0.3) is 0 Å². The number of anilines is 1. The molecule has 1 fully saturated rings. The van der Waals surface area contributed by atoms with Crippen molar-refractivity contribution in [3.63, 3.8) is 0 Å². The Balaban J connectivity index is 2.09. The predicted molar refractivity (Wildman–Crippen MR) is 72.3 cm³/mol. The summed E-state index contributed by atoms with van der Waals surface area (Å²) in [5, 5.41) is 13.9. The first-order chi connectivity index (χ1) is 9.86. The third kappa shape index (κ3) is 3.68. The maximum Gasteiger partial charge on any atom is 0.337 e. The van der Waals surface area contributed by atoms with E-state index in [-0.39, 0.29) is 11.7 Å². The minimum Gasteiger partial charge on any atom is -0.478 e. The molecule has 2 rings (SSSR count). The van der Waals surface area contributed by atoms with Gasteiger partial charge in [-0.1, -0.05) is 6.92 Å². The van der Waals surface area contributed by atoms with Crippen molar-refractivity contribution in [1.29, 1.82) is 0 Å². The van der Waals surface area contributed by atoms with Gasteiger partial charge >= 0.3 is 12.0 Å². The molecule has 0 aromatic heterocycles. The molecule has 1 aliphatic rings. The number of nitrogens with one attached hydrogen (secondary N) is 2. The van der Waals surface area contributed by atoms with Crippen LogP contribution in [-0.4, -0.2) is 23.1 Å². The van der Waals surface area contributed by atoms with Gasteiger partial charge in [-0.05, 0) is 31.2 Å². The number of hydrogen-bond donors (Lipinski definition) is 3. The molecule has 5 nitrogen and oxygen atoms in total. The second-order valence-electron chi connectivity index (χ2n) is 5.33. The van der Waals surface area contributed by atoms with Crippen LogP contribution in [0.2, 0.25) is 0 Å². The second-order valence-corrected chi connectivity index (χ2v) is 5.33. The highest BCUT2D eigenvalue weighted by Crippen LogP contribution is 2.25. The fourth-order valence-corrected chi connectivity index (χ4v) is 2.51. The first-order valence-corrected chi connectivity index (χ1v) is 6.66. The molecule has 7 heteroatoms. The lowest BCUT2D eigenvalue weighted by Crippen LogP contribution is -2.36. The molecule has 0 saturated heterocycles. The summed E-state index contributed by atoms with van der Waals surface area (Å²) in [7, 11) is 0. The number of rotatable bonds is 3. The molecule has 2 atom stereocenters. The number of carbonyl (C=O) groups excluding carboxylic acids is 1. The van der Waals surface area contributed by atoms with Crippen LogP contribution in [0.4, 0.5) is 19.3 Å². The van der Waals surface area contributed by atoms with Crippen LogP contribution < -0.4 is 10.6 Å². The van der Waals surface area contributed by atoms with Crippen LogP contribution in [0.5, 0.6) is 0 Å². The number of urea groups is 1. The van der Waals surface area contributed by atoms with Gasteiger partial charge in [0.15, 0.2) is 11.6 Å². The summed E-state index contributed by atoms with van der Waals surface area (Å²) in [6.45, 7) is 2.08. The van der Waals surface area contributed by atoms with Crippen LogP contribution in [0.3, 0.4) is 0 Å². The van der Waals surface area contributed by atoms with E-state index in [1.54, 1.807) is 0 Å². The summed E-state index contributed by atoms with van der Waals surface area (Å²) in [5.41, 5.74) is -0.770. The van der Waals surface area contributed by atoms with Gasteiger partial charge in [0, 0.05) is 12.1 Å². The second kappa shape index (κ2) is 6.07. The molecule has 21 heavy (non-hydrogen) atoms. The summed E-state index contributed by atoms with van der Waals surface area (Å²) in [4.78, 5) is 22.8. The predicted octanol–water partition coefficient (Wildman–Crippen LogP) is 2.97. The van der Waals surface area contributed by atoms with E-state index in [0.29, 0.717) is 18.1 Å². The average molecular weight is 298 g/mol. The SMILES string of the molecule is CC1CCC(NC(=O)Nc2cc(F)c(F)cc2C(=O)O)C1. The number of aromatic carboxylic acids is 1. The summed E-state index contributed by atoms with van der Waals surface area (Å²) in [6.07, 6.45) is 2.70. The first-order valence-electron chi connectivity index (χ1n) is 6.66. The van der Waals surface area contributed by atoms with Crippen LogP contribution >= 0.6 is 0 Å². The fourth-order valence-electron chi connectivity index (χ4n) is 2.51. The normalized spacial score (nSPS) is 21.1. The number of amides is 2. The van der Waals surface area contributed by atoms with E-state index in [2.05, 4.69) is 17.6 Å². The quantitative estimate of drug-likeness (QED) is 0.802. The van der Waals surface area contributed by atoms with Crippen molar-refractivity contribution < 1.29 is 23.5 Å². The Labute approximate surface area is 120 Å². The van der Waals surface area contributed by atoms with Crippen LogP contribution in [0.15, 0.2) is 12.1 Å². The van der Waals surface area contributed by atoms with Gasteiger partial charge in [-0.25, -0.2) is 18.4 Å². The van der Waals surface area contributed by atoms with Gasteiger partial charge in [0.05, 0.1) is 11.3 Å². The third-order valence-electron chi connectivity index (χ3n) is 3.57. The largest absolute Gasteiger partial charge is 0.478 e. The van der Waals surface area contributed by atoms with Crippen molar-refractivity contribution in [2.45, 2.75) is 32.2 Å². The minimum atomic E-state index is -1.45. The van der Waals surface area contributed by atoms with E-state index < -0.39 is 29.2 Å².